The van der Waals surface area contributed by atoms with Gasteiger partial charge in [-0.05, 0) is 0 Å². The minimum absolute atomic E-state index is 0.0218. The van der Waals surface area contributed by atoms with Gasteiger partial charge in [-0.15, -0.1) is 0 Å². The maximum Gasteiger partial charge on any atom is 0.225 e. The smallest absolute Gasteiger partial charge is 0.225 e. The molecule has 0 atom stereocenters. The summed E-state index contributed by atoms with van der Waals surface area (Å²) >= 11 is 1.26. The summed E-state index contributed by atoms with van der Waals surface area (Å²) in [6, 6.07) is 0. The van der Waals surface area contributed by atoms with Crippen molar-refractivity contribution in [3.8, 4) is 0 Å². The number of carbonyl (C=O) groups excluding carboxylic acids is 1. The van der Waals surface area contributed by atoms with E-state index in [4.69, 9.17) is 0 Å². The maximum absolute atomic E-state index is 11.0. The van der Waals surface area contributed by atoms with E-state index in [0.717, 1.165) is 5.82 Å². The second kappa shape index (κ2) is 3.83. The first-order chi connectivity index (χ1) is 6.02. The third kappa shape index (κ3) is 2.24. The summed E-state index contributed by atoms with van der Waals surface area (Å²) in [4.78, 5) is 16.7. The molecule has 1 amide bonds. The summed E-state index contributed by atoms with van der Waals surface area (Å²) in [7, 11) is 1.70. The fourth-order valence-electron chi connectivity index (χ4n) is 0.732. The van der Waals surface area contributed by atoms with E-state index < -0.39 is 0 Å². The van der Waals surface area contributed by atoms with Crippen LogP contribution in [0.3, 0.4) is 0 Å². The van der Waals surface area contributed by atoms with Gasteiger partial charge in [-0.2, -0.15) is 4.37 Å². The Morgan fingerprint density at radius 1 is 1.54 bits per heavy atom. The van der Waals surface area contributed by atoms with E-state index in [2.05, 4.69) is 9.36 Å². The molecular formula is C8H13N3OS. The van der Waals surface area contributed by atoms with Gasteiger partial charge in [-0.1, -0.05) is 13.8 Å². The second-order valence-electron chi connectivity index (χ2n) is 3.17. The highest BCUT2D eigenvalue weighted by Crippen LogP contribution is 2.19. The highest BCUT2D eigenvalue weighted by Gasteiger charge is 2.13. The van der Waals surface area contributed by atoms with E-state index in [1.807, 2.05) is 13.8 Å². The topological polar surface area (TPSA) is 46.1 Å². The Morgan fingerprint density at radius 2 is 2.15 bits per heavy atom. The molecule has 0 saturated carbocycles. The van der Waals surface area contributed by atoms with Gasteiger partial charge in [0.2, 0.25) is 11.0 Å². The zero-order chi connectivity index (χ0) is 10.0. The predicted molar refractivity (Wildman–Crippen MR) is 53.1 cm³/mol. The van der Waals surface area contributed by atoms with Gasteiger partial charge in [0.1, 0.15) is 5.82 Å². The monoisotopic (exact) mass is 199 g/mol. The van der Waals surface area contributed by atoms with Crippen LogP contribution < -0.4 is 4.90 Å². The Morgan fingerprint density at radius 3 is 2.54 bits per heavy atom. The molecule has 0 N–H and O–H groups in total. The lowest BCUT2D eigenvalue weighted by atomic mass is 10.2. The Labute approximate surface area is 81.8 Å². The molecule has 13 heavy (non-hydrogen) atoms. The number of hydrogen-bond acceptors (Lipinski definition) is 4. The van der Waals surface area contributed by atoms with Crippen molar-refractivity contribution in [1.29, 1.82) is 0 Å². The highest BCUT2D eigenvalue weighted by molar-refractivity contribution is 7.09. The van der Waals surface area contributed by atoms with E-state index in [-0.39, 0.29) is 5.91 Å². The second-order valence-corrected chi connectivity index (χ2v) is 3.90. The van der Waals surface area contributed by atoms with Crippen LogP contribution in [0.5, 0.6) is 0 Å². The van der Waals surface area contributed by atoms with Crippen molar-refractivity contribution < 1.29 is 4.79 Å². The minimum Gasteiger partial charge on any atom is -0.290 e. The van der Waals surface area contributed by atoms with Gasteiger partial charge in [-0.3, -0.25) is 9.69 Å². The van der Waals surface area contributed by atoms with Crippen molar-refractivity contribution >= 4 is 22.6 Å². The number of aromatic nitrogens is 2. The molecule has 0 aromatic carbocycles. The Hall–Kier alpha value is -0.970. The normalized spacial score (nSPS) is 10.5. The molecule has 1 aromatic rings. The number of carbonyl (C=O) groups is 1. The van der Waals surface area contributed by atoms with Gasteiger partial charge in [0, 0.05) is 31.4 Å². The molecule has 0 unspecified atom stereocenters. The Kier molecular flexibility index (Phi) is 2.98. The number of amides is 1. The van der Waals surface area contributed by atoms with Crippen LogP contribution in [0.15, 0.2) is 0 Å². The molecule has 0 fully saturated rings. The quantitative estimate of drug-likeness (QED) is 0.727. The van der Waals surface area contributed by atoms with Gasteiger partial charge in [0.15, 0.2) is 0 Å². The van der Waals surface area contributed by atoms with Crippen LogP contribution in [0, 0.1) is 0 Å². The van der Waals surface area contributed by atoms with E-state index in [0.29, 0.717) is 11.0 Å². The van der Waals surface area contributed by atoms with Crippen molar-refractivity contribution in [3.63, 3.8) is 0 Å². The van der Waals surface area contributed by atoms with Crippen LogP contribution in [-0.4, -0.2) is 22.3 Å². The molecule has 0 aliphatic heterocycles. The Balaban J connectivity index is 2.85. The van der Waals surface area contributed by atoms with Crippen molar-refractivity contribution in [3.05, 3.63) is 5.82 Å². The molecular weight excluding hydrogens is 186 g/mol. The first-order valence-electron chi connectivity index (χ1n) is 4.10. The lowest BCUT2D eigenvalue weighted by Gasteiger charge is -2.08. The van der Waals surface area contributed by atoms with Crippen LogP contribution in [0.1, 0.15) is 32.5 Å². The number of nitrogens with zero attached hydrogens (tertiary/aromatic N) is 3. The van der Waals surface area contributed by atoms with E-state index in [1.165, 1.54) is 23.4 Å². The Bertz CT molecular complexity index is 308. The van der Waals surface area contributed by atoms with Crippen LogP contribution in [0.2, 0.25) is 0 Å². The van der Waals surface area contributed by atoms with Crippen molar-refractivity contribution in [1.82, 2.24) is 9.36 Å². The van der Waals surface area contributed by atoms with Crippen LogP contribution in [0.25, 0.3) is 0 Å². The van der Waals surface area contributed by atoms with Crippen LogP contribution in [0.4, 0.5) is 5.13 Å². The summed E-state index contributed by atoms with van der Waals surface area (Å²) in [6.07, 6.45) is 0. The van der Waals surface area contributed by atoms with E-state index in [9.17, 15) is 4.79 Å². The molecule has 0 bridgehead atoms. The number of anilines is 1. The third-order valence-corrected chi connectivity index (χ3v) is 2.51. The SMILES string of the molecule is CC(=O)N(C)c1nc(C(C)C)ns1. The molecule has 72 valence electrons. The van der Waals surface area contributed by atoms with Gasteiger partial charge in [0.05, 0.1) is 0 Å². The molecule has 1 heterocycles. The minimum atomic E-state index is -0.0218. The summed E-state index contributed by atoms with van der Waals surface area (Å²) in [6.45, 7) is 5.57. The summed E-state index contributed by atoms with van der Waals surface area (Å²) in [5.74, 6) is 1.09. The van der Waals surface area contributed by atoms with Crippen molar-refractivity contribution in [2.75, 3.05) is 11.9 Å². The molecule has 0 saturated heterocycles. The number of rotatable bonds is 2. The average Bonchev–Trinajstić information content (AvgIpc) is 2.50. The first-order valence-corrected chi connectivity index (χ1v) is 4.87. The van der Waals surface area contributed by atoms with Gasteiger partial charge in [0.25, 0.3) is 0 Å². The molecule has 0 radical (unpaired) electrons. The van der Waals surface area contributed by atoms with Gasteiger partial charge >= 0.3 is 0 Å². The fourth-order valence-corrected chi connectivity index (χ4v) is 1.54. The van der Waals surface area contributed by atoms with E-state index in [1.54, 1.807) is 7.05 Å². The standard InChI is InChI=1S/C8H13N3OS/c1-5(2)7-9-8(13-10-7)11(4)6(3)12/h5H,1-4H3. The lowest BCUT2D eigenvalue weighted by Crippen LogP contribution is -2.22. The summed E-state index contributed by atoms with van der Waals surface area (Å²) in [5.41, 5.74) is 0. The molecule has 4 nitrogen and oxygen atoms in total. The average molecular weight is 199 g/mol. The van der Waals surface area contributed by atoms with Gasteiger partial charge in [-0.25, -0.2) is 4.98 Å². The largest absolute Gasteiger partial charge is 0.290 e. The predicted octanol–water partition coefficient (Wildman–Crippen LogP) is 1.64. The molecule has 0 aliphatic carbocycles. The molecule has 1 rings (SSSR count). The zero-order valence-corrected chi connectivity index (χ0v) is 9.05. The number of hydrogen-bond donors (Lipinski definition) is 0. The summed E-state index contributed by atoms with van der Waals surface area (Å²) < 4.78 is 4.16. The molecule has 0 aliphatic rings. The molecule has 5 heteroatoms. The molecule has 0 spiro atoms. The van der Waals surface area contributed by atoms with Gasteiger partial charge < -0.3 is 0 Å². The van der Waals surface area contributed by atoms with Crippen molar-refractivity contribution in [2.45, 2.75) is 26.7 Å². The van der Waals surface area contributed by atoms with Crippen LogP contribution in [-0.2, 0) is 4.79 Å². The van der Waals surface area contributed by atoms with Crippen molar-refractivity contribution in [2.24, 2.45) is 0 Å². The zero-order valence-electron chi connectivity index (χ0n) is 8.24. The van der Waals surface area contributed by atoms with E-state index >= 15 is 0 Å². The third-order valence-electron chi connectivity index (χ3n) is 1.71. The van der Waals surface area contributed by atoms with Crippen LogP contribution >= 0.6 is 11.5 Å². The molecule has 1 aromatic heterocycles. The lowest BCUT2D eigenvalue weighted by molar-refractivity contribution is -0.116. The maximum atomic E-state index is 11.0. The highest BCUT2D eigenvalue weighted by atomic mass is 32.1. The first kappa shape index (κ1) is 10.1. The fraction of sp³-hybridized carbons (Fsp3) is 0.625. The summed E-state index contributed by atoms with van der Waals surface area (Å²) in [5, 5.41) is 0.663.